The van der Waals surface area contributed by atoms with E-state index in [0.29, 0.717) is 35.8 Å². The molecule has 0 spiro atoms. The van der Waals surface area contributed by atoms with E-state index in [2.05, 4.69) is 5.32 Å². The van der Waals surface area contributed by atoms with Gasteiger partial charge in [-0.05, 0) is 30.3 Å². The van der Waals surface area contributed by atoms with Crippen molar-refractivity contribution in [2.75, 3.05) is 24.8 Å². The van der Waals surface area contributed by atoms with E-state index in [4.69, 9.17) is 9.47 Å². The molecule has 1 fully saturated rings. The van der Waals surface area contributed by atoms with Crippen LogP contribution in [0.15, 0.2) is 36.4 Å². The molecule has 1 saturated heterocycles. The lowest BCUT2D eigenvalue weighted by molar-refractivity contribution is -0.117. The van der Waals surface area contributed by atoms with Crippen molar-refractivity contribution in [3.05, 3.63) is 53.6 Å². The third kappa shape index (κ3) is 3.42. The zero-order chi connectivity index (χ0) is 19.0. The van der Waals surface area contributed by atoms with E-state index in [1.54, 1.807) is 18.2 Å². The van der Waals surface area contributed by atoms with E-state index in [-0.39, 0.29) is 30.9 Å². The highest BCUT2D eigenvalue weighted by molar-refractivity contribution is 5.96. The van der Waals surface area contributed by atoms with Crippen LogP contribution in [0.25, 0.3) is 0 Å². The average molecular weight is 374 g/mol. The number of nitrogens with zero attached hydrogens (tertiary/aromatic N) is 1. The van der Waals surface area contributed by atoms with Crippen LogP contribution in [0.4, 0.5) is 14.5 Å². The Kier molecular flexibility index (Phi) is 4.39. The number of amides is 2. The highest BCUT2D eigenvalue weighted by Crippen LogP contribution is 2.32. The Morgan fingerprint density at radius 1 is 1.11 bits per heavy atom. The number of halogens is 2. The van der Waals surface area contributed by atoms with Crippen molar-refractivity contribution in [1.82, 2.24) is 5.32 Å². The van der Waals surface area contributed by atoms with E-state index in [0.717, 1.165) is 12.1 Å². The minimum absolute atomic E-state index is 0.122. The second-order valence-corrected chi connectivity index (χ2v) is 6.45. The standard InChI is InChI=1S/C19H16F2N2O4/c20-14-3-2-13(7-15(14)21)23-9-11(5-18(23)24)8-22-19(25)12-1-4-16-17(6-12)27-10-26-16/h1-4,6-7,11H,5,8-10H2,(H,22,25). The summed E-state index contributed by atoms with van der Waals surface area (Å²) in [6.45, 7) is 0.745. The van der Waals surface area contributed by atoms with Crippen LogP contribution < -0.4 is 19.7 Å². The molecule has 1 N–H and O–H groups in total. The Bertz CT molecular complexity index is 919. The number of hydrogen-bond donors (Lipinski definition) is 1. The summed E-state index contributed by atoms with van der Waals surface area (Å²) < 4.78 is 36.9. The number of benzene rings is 2. The monoisotopic (exact) mass is 374 g/mol. The average Bonchev–Trinajstić information content (AvgIpc) is 3.27. The van der Waals surface area contributed by atoms with Gasteiger partial charge in [0, 0.05) is 42.7 Å². The van der Waals surface area contributed by atoms with E-state index in [9.17, 15) is 18.4 Å². The van der Waals surface area contributed by atoms with Gasteiger partial charge in [0.2, 0.25) is 12.7 Å². The Morgan fingerprint density at radius 2 is 1.93 bits per heavy atom. The maximum Gasteiger partial charge on any atom is 0.251 e. The number of hydrogen-bond acceptors (Lipinski definition) is 4. The molecule has 2 amide bonds. The van der Waals surface area contributed by atoms with Gasteiger partial charge in [-0.3, -0.25) is 9.59 Å². The van der Waals surface area contributed by atoms with Crippen LogP contribution in [-0.4, -0.2) is 31.7 Å². The van der Waals surface area contributed by atoms with Crippen molar-refractivity contribution >= 4 is 17.5 Å². The van der Waals surface area contributed by atoms with E-state index >= 15 is 0 Å². The zero-order valence-electron chi connectivity index (χ0n) is 14.2. The van der Waals surface area contributed by atoms with Gasteiger partial charge in [-0.2, -0.15) is 0 Å². The molecule has 1 unspecified atom stereocenters. The molecule has 2 heterocycles. The first kappa shape index (κ1) is 17.3. The molecule has 0 aromatic heterocycles. The molecular formula is C19H16F2N2O4. The Labute approximate surface area is 153 Å². The number of ether oxygens (including phenoxy) is 2. The second-order valence-electron chi connectivity index (χ2n) is 6.45. The first-order valence-corrected chi connectivity index (χ1v) is 8.44. The lowest BCUT2D eigenvalue weighted by atomic mass is 10.1. The van der Waals surface area contributed by atoms with Gasteiger partial charge in [-0.25, -0.2) is 8.78 Å². The Balaban J connectivity index is 1.37. The fourth-order valence-corrected chi connectivity index (χ4v) is 3.20. The maximum absolute atomic E-state index is 13.4. The highest BCUT2D eigenvalue weighted by atomic mass is 19.2. The molecule has 8 heteroatoms. The van der Waals surface area contributed by atoms with Crippen molar-refractivity contribution in [3.8, 4) is 11.5 Å². The molecule has 2 aromatic carbocycles. The van der Waals surface area contributed by atoms with Crippen molar-refractivity contribution in [3.63, 3.8) is 0 Å². The minimum atomic E-state index is -1.00. The molecule has 27 heavy (non-hydrogen) atoms. The van der Waals surface area contributed by atoms with Gasteiger partial charge in [0.15, 0.2) is 23.1 Å². The first-order valence-electron chi connectivity index (χ1n) is 8.44. The SMILES string of the molecule is O=C(NCC1CC(=O)N(c2ccc(F)c(F)c2)C1)c1ccc2c(c1)OCO2. The van der Waals surface area contributed by atoms with E-state index < -0.39 is 11.6 Å². The lowest BCUT2D eigenvalue weighted by Crippen LogP contribution is -2.31. The molecule has 140 valence electrons. The molecule has 0 aliphatic carbocycles. The van der Waals surface area contributed by atoms with Crippen molar-refractivity contribution in [1.29, 1.82) is 0 Å². The van der Waals surface area contributed by atoms with E-state index in [1.807, 2.05) is 0 Å². The molecule has 4 rings (SSSR count). The Morgan fingerprint density at radius 3 is 2.74 bits per heavy atom. The van der Waals surface area contributed by atoms with Gasteiger partial charge in [-0.15, -0.1) is 0 Å². The van der Waals surface area contributed by atoms with Crippen LogP contribution in [0.1, 0.15) is 16.8 Å². The summed E-state index contributed by atoms with van der Waals surface area (Å²) in [5.74, 6) is -1.45. The third-order valence-corrected chi connectivity index (χ3v) is 4.61. The fourth-order valence-electron chi connectivity index (χ4n) is 3.20. The second kappa shape index (κ2) is 6.86. The summed E-state index contributed by atoms with van der Waals surface area (Å²) in [6.07, 6.45) is 0.223. The molecule has 1 atom stereocenters. The van der Waals surface area contributed by atoms with Crippen LogP contribution >= 0.6 is 0 Å². The van der Waals surface area contributed by atoms with Crippen LogP contribution in [0.3, 0.4) is 0 Å². The normalized spacial score (nSPS) is 18.1. The predicted octanol–water partition coefficient (Wildman–Crippen LogP) is 2.48. The maximum atomic E-state index is 13.4. The van der Waals surface area contributed by atoms with Crippen LogP contribution in [0.2, 0.25) is 0 Å². The van der Waals surface area contributed by atoms with Crippen molar-refractivity contribution < 1.29 is 27.8 Å². The molecule has 2 aliphatic heterocycles. The largest absolute Gasteiger partial charge is 0.454 e. The number of fused-ring (bicyclic) bond motifs is 1. The molecule has 2 aliphatic rings. The number of nitrogens with one attached hydrogen (secondary N) is 1. The molecular weight excluding hydrogens is 358 g/mol. The first-order chi connectivity index (χ1) is 13.0. The number of carbonyl (C=O) groups is 2. The summed E-state index contributed by atoms with van der Waals surface area (Å²) in [5.41, 5.74) is 0.740. The molecule has 0 bridgehead atoms. The molecule has 0 saturated carbocycles. The summed E-state index contributed by atoms with van der Waals surface area (Å²) >= 11 is 0. The summed E-state index contributed by atoms with van der Waals surface area (Å²) in [5, 5.41) is 2.80. The van der Waals surface area contributed by atoms with E-state index in [1.165, 1.54) is 11.0 Å². The smallest absolute Gasteiger partial charge is 0.251 e. The van der Waals surface area contributed by atoms with Crippen molar-refractivity contribution in [2.45, 2.75) is 6.42 Å². The zero-order valence-corrected chi connectivity index (χ0v) is 14.2. The van der Waals surface area contributed by atoms with Gasteiger partial charge >= 0.3 is 0 Å². The summed E-state index contributed by atoms with van der Waals surface area (Å²) in [4.78, 5) is 25.9. The van der Waals surface area contributed by atoms with Crippen molar-refractivity contribution in [2.24, 2.45) is 5.92 Å². The predicted molar refractivity (Wildman–Crippen MR) is 91.7 cm³/mol. The highest BCUT2D eigenvalue weighted by Gasteiger charge is 2.31. The number of anilines is 1. The van der Waals surface area contributed by atoms with Gasteiger partial charge in [-0.1, -0.05) is 0 Å². The Hall–Kier alpha value is -3.16. The fraction of sp³-hybridized carbons (Fsp3) is 0.263. The lowest BCUT2D eigenvalue weighted by Gasteiger charge is -2.17. The molecule has 2 aromatic rings. The molecule has 6 nitrogen and oxygen atoms in total. The minimum Gasteiger partial charge on any atom is -0.454 e. The number of carbonyl (C=O) groups excluding carboxylic acids is 2. The summed E-state index contributed by atoms with van der Waals surface area (Å²) in [7, 11) is 0. The van der Waals surface area contributed by atoms with Gasteiger partial charge in [0.1, 0.15) is 0 Å². The van der Waals surface area contributed by atoms with Gasteiger partial charge in [0.25, 0.3) is 5.91 Å². The van der Waals surface area contributed by atoms with Gasteiger partial charge in [0.05, 0.1) is 0 Å². The van der Waals surface area contributed by atoms with Gasteiger partial charge < -0.3 is 19.7 Å². The molecule has 0 radical (unpaired) electrons. The van der Waals surface area contributed by atoms with Crippen LogP contribution in [0.5, 0.6) is 11.5 Å². The summed E-state index contributed by atoms with van der Waals surface area (Å²) in [6, 6.07) is 8.26. The topological polar surface area (TPSA) is 67.9 Å². The third-order valence-electron chi connectivity index (χ3n) is 4.61. The van der Waals surface area contributed by atoms with Crippen LogP contribution in [0, 0.1) is 17.6 Å². The van der Waals surface area contributed by atoms with Crippen LogP contribution in [-0.2, 0) is 4.79 Å². The number of rotatable bonds is 4. The quantitative estimate of drug-likeness (QED) is 0.893.